The van der Waals surface area contributed by atoms with Gasteiger partial charge in [0, 0.05) is 22.9 Å². The third-order valence-electron chi connectivity index (χ3n) is 6.25. The minimum atomic E-state index is -0.991. The van der Waals surface area contributed by atoms with Crippen LogP contribution in [0, 0.1) is 11.8 Å². The number of esters is 1. The zero-order chi connectivity index (χ0) is 29.6. The summed E-state index contributed by atoms with van der Waals surface area (Å²) in [6, 6.07) is 17.5. The predicted octanol–water partition coefficient (Wildman–Crippen LogP) is 1.45. The number of carbonyl (C=O) groups is 3. The van der Waals surface area contributed by atoms with Crippen LogP contribution in [-0.2, 0) is 24.0 Å². The fourth-order valence-corrected chi connectivity index (χ4v) is 6.13. The molecule has 3 aromatic rings. The number of aliphatic hydroxyl groups is 1. The molecule has 0 radical (unpaired) electrons. The van der Waals surface area contributed by atoms with Gasteiger partial charge >= 0.3 is 5.97 Å². The van der Waals surface area contributed by atoms with Crippen molar-refractivity contribution >= 4 is 51.9 Å². The number of fused-ring (bicyclic) bond motifs is 1. The maximum absolute atomic E-state index is 13.8. The molecule has 5 rings (SSSR count). The minimum absolute atomic E-state index is 0.0354. The van der Waals surface area contributed by atoms with Gasteiger partial charge in [-0.1, -0.05) is 77.7 Å². The fourth-order valence-electron chi connectivity index (χ4n) is 4.41. The molecule has 2 amide bonds. The summed E-state index contributed by atoms with van der Waals surface area (Å²) in [6.45, 7) is -0.431. The molecule has 2 aliphatic heterocycles. The maximum Gasteiger partial charge on any atom is 0.357 e. The first-order chi connectivity index (χ1) is 20.4. The molecule has 3 heterocycles. The number of carbonyl (C=O) groups excluding carboxylic acids is 3. The molecule has 42 heavy (non-hydrogen) atoms. The summed E-state index contributed by atoms with van der Waals surface area (Å²) in [5.41, 5.74) is 7.16. The lowest BCUT2D eigenvalue weighted by molar-refractivity contribution is -0.154. The molecule has 12 nitrogen and oxygen atoms in total. The number of anilines is 1. The van der Waals surface area contributed by atoms with Crippen molar-refractivity contribution in [1.29, 1.82) is 0 Å². The molecule has 2 aliphatic rings. The Hall–Kier alpha value is -4.71. The molecular formula is C28H24N6O6S2. The number of benzene rings is 2. The van der Waals surface area contributed by atoms with Crippen molar-refractivity contribution < 1.29 is 29.1 Å². The van der Waals surface area contributed by atoms with E-state index < -0.39 is 41.9 Å². The maximum atomic E-state index is 13.8. The topological polar surface area (TPSA) is 169 Å². The summed E-state index contributed by atoms with van der Waals surface area (Å²) in [5.74, 6) is 3.48. The molecule has 0 spiro atoms. The number of nitrogens with two attached hydrogens (primary N) is 1. The van der Waals surface area contributed by atoms with Crippen molar-refractivity contribution in [3.63, 3.8) is 0 Å². The molecule has 1 aromatic heterocycles. The lowest BCUT2D eigenvalue weighted by atomic mass is 10.0. The van der Waals surface area contributed by atoms with E-state index in [2.05, 4.69) is 31.7 Å². The molecule has 0 aliphatic carbocycles. The highest BCUT2D eigenvalue weighted by molar-refractivity contribution is 8.00. The Balaban J connectivity index is 1.42. The average Bonchev–Trinajstić information content (AvgIpc) is 3.45. The third-order valence-corrected chi connectivity index (χ3v) is 8.07. The van der Waals surface area contributed by atoms with Crippen molar-refractivity contribution in [2.24, 2.45) is 5.16 Å². The molecule has 0 bridgehead atoms. The molecule has 1 fully saturated rings. The van der Waals surface area contributed by atoms with Crippen molar-refractivity contribution in [3.05, 3.63) is 88.9 Å². The quantitative estimate of drug-likeness (QED) is 0.112. The van der Waals surface area contributed by atoms with Crippen molar-refractivity contribution in [1.82, 2.24) is 19.6 Å². The van der Waals surface area contributed by atoms with E-state index in [0.717, 1.165) is 22.7 Å². The van der Waals surface area contributed by atoms with E-state index in [4.69, 9.17) is 15.3 Å². The Morgan fingerprint density at radius 2 is 1.86 bits per heavy atom. The van der Waals surface area contributed by atoms with E-state index >= 15 is 0 Å². The van der Waals surface area contributed by atoms with E-state index in [0.29, 0.717) is 5.57 Å². The first-order valence-corrected chi connectivity index (χ1v) is 14.3. The van der Waals surface area contributed by atoms with Crippen LogP contribution in [0.25, 0.3) is 0 Å². The van der Waals surface area contributed by atoms with E-state index in [1.807, 2.05) is 60.7 Å². The second kappa shape index (κ2) is 12.9. The van der Waals surface area contributed by atoms with Gasteiger partial charge in [-0.2, -0.15) is 9.36 Å². The van der Waals surface area contributed by atoms with Gasteiger partial charge in [0.2, 0.25) is 11.5 Å². The summed E-state index contributed by atoms with van der Waals surface area (Å²) >= 11 is 2.18. The minimum Gasteiger partial charge on any atom is -0.448 e. The Kier molecular flexibility index (Phi) is 8.82. The number of amides is 2. The number of rotatable bonds is 8. The predicted molar refractivity (Wildman–Crippen MR) is 156 cm³/mol. The standard InChI is InChI=1S/C28H24N6O6S2/c1-39-32-19(23-31-28(29)42-33-23)24(36)30-20-25(37)34-21(18(13-8-14-35)15-41-26(20)34)27(38)40-22(16-9-4-2-5-10-16)17-11-6-3-7-12-17/h2-7,9-12,20,22,26,35H,14-15H2,1H3,(H,30,36)(H2,29,31,33)/b32-19-/t20-,26-/m1/s1. The van der Waals surface area contributed by atoms with Gasteiger partial charge in [-0.3, -0.25) is 14.5 Å². The number of hydrogen-bond acceptors (Lipinski definition) is 12. The van der Waals surface area contributed by atoms with Crippen LogP contribution in [0.5, 0.6) is 0 Å². The SMILES string of the molecule is CO/N=C(\C(=O)N[C@@H]1C(=O)N2C(C(=O)OC(c3ccccc3)c3ccccc3)=C(C#CCO)CS[C@H]12)c1nsc(N)n1. The Bertz CT molecular complexity index is 1580. The smallest absolute Gasteiger partial charge is 0.357 e. The normalized spacial score (nSPS) is 18.0. The van der Waals surface area contributed by atoms with Crippen molar-refractivity contribution in [3.8, 4) is 11.8 Å². The fraction of sp³-hybridized carbons (Fsp3) is 0.214. The van der Waals surface area contributed by atoms with Gasteiger partial charge in [0.25, 0.3) is 11.8 Å². The summed E-state index contributed by atoms with van der Waals surface area (Å²) in [5, 5.41) is 15.1. The van der Waals surface area contributed by atoms with E-state index in [9.17, 15) is 19.5 Å². The first kappa shape index (κ1) is 28.8. The highest BCUT2D eigenvalue weighted by Crippen LogP contribution is 2.41. The highest BCUT2D eigenvalue weighted by Gasteiger charge is 2.55. The number of aromatic nitrogens is 2. The molecule has 14 heteroatoms. The van der Waals surface area contributed by atoms with E-state index in [1.165, 1.54) is 23.8 Å². The number of nitrogens with one attached hydrogen (secondary N) is 1. The van der Waals surface area contributed by atoms with E-state index in [1.54, 1.807) is 0 Å². The van der Waals surface area contributed by atoms with Gasteiger partial charge in [0.15, 0.2) is 11.2 Å². The summed E-state index contributed by atoms with van der Waals surface area (Å²) < 4.78 is 10.0. The van der Waals surface area contributed by atoms with Crippen molar-refractivity contribution in [2.75, 3.05) is 25.2 Å². The molecule has 2 atom stereocenters. The molecule has 2 aromatic carbocycles. The van der Waals surface area contributed by atoms with Gasteiger partial charge in [-0.05, 0) is 11.1 Å². The molecule has 0 saturated carbocycles. The van der Waals surface area contributed by atoms with Crippen LogP contribution in [0.1, 0.15) is 23.1 Å². The number of ether oxygens (including phenoxy) is 1. The van der Waals surface area contributed by atoms with Crippen LogP contribution in [0.2, 0.25) is 0 Å². The highest BCUT2D eigenvalue weighted by atomic mass is 32.2. The number of aliphatic hydroxyl groups excluding tert-OH is 1. The summed E-state index contributed by atoms with van der Waals surface area (Å²) in [7, 11) is 1.26. The molecule has 4 N–H and O–H groups in total. The first-order valence-electron chi connectivity index (χ1n) is 12.5. The lowest BCUT2D eigenvalue weighted by Crippen LogP contribution is -2.71. The average molecular weight is 605 g/mol. The summed E-state index contributed by atoms with van der Waals surface area (Å²) in [6.07, 6.45) is -0.759. The Morgan fingerprint density at radius 3 is 2.43 bits per heavy atom. The second-order valence-corrected chi connectivity index (χ2v) is 10.7. The van der Waals surface area contributed by atoms with Gasteiger partial charge < -0.3 is 25.7 Å². The Labute approximate surface area is 248 Å². The van der Waals surface area contributed by atoms with Crippen LogP contribution < -0.4 is 11.1 Å². The molecule has 1 saturated heterocycles. The molecule has 0 unspecified atom stereocenters. The van der Waals surface area contributed by atoms with Crippen LogP contribution in [0.15, 0.2) is 77.1 Å². The van der Waals surface area contributed by atoms with Crippen LogP contribution in [-0.4, -0.2) is 73.7 Å². The van der Waals surface area contributed by atoms with Gasteiger partial charge in [-0.25, -0.2) is 4.79 Å². The monoisotopic (exact) mass is 604 g/mol. The zero-order valence-corrected chi connectivity index (χ0v) is 23.7. The van der Waals surface area contributed by atoms with Gasteiger partial charge in [0.1, 0.15) is 30.8 Å². The van der Waals surface area contributed by atoms with Crippen LogP contribution >= 0.6 is 23.3 Å². The lowest BCUT2D eigenvalue weighted by Gasteiger charge is -2.49. The number of thioether (sulfide) groups is 1. The molecule has 214 valence electrons. The van der Waals surface area contributed by atoms with E-state index in [-0.39, 0.29) is 28.1 Å². The number of oxime groups is 1. The van der Waals surface area contributed by atoms with Crippen LogP contribution in [0.3, 0.4) is 0 Å². The number of β-lactam (4-membered cyclic amide) rings is 1. The van der Waals surface area contributed by atoms with Crippen molar-refractivity contribution in [2.45, 2.75) is 17.5 Å². The zero-order valence-electron chi connectivity index (χ0n) is 22.1. The van der Waals surface area contributed by atoms with Crippen LogP contribution in [0.4, 0.5) is 5.13 Å². The van der Waals surface area contributed by atoms with Gasteiger partial charge in [-0.15, -0.1) is 11.8 Å². The number of hydrogen-bond donors (Lipinski definition) is 3. The number of nitrogens with zero attached hydrogens (tertiary/aromatic N) is 4. The Morgan fingerprint density at radius 1 is 1.19 bits per heavy atom. The largest absolute Gasteiger partial charge is 0.448 e. The third kappa shape index (κ3) is 5.84. The van der Waals surface area contributed by atoms with Gasteiger partial charge in [0.05, 0.1) is 0 Å². The summed E-state index contributed by atoms with van der Waals surface area (Å²) in [4.78, 5) is 50.3. The molecular weight excluding hydrogens is 580 g/mol. The second-order valence-electron chi connectivity index (χ2n) is 8.83. The number of nitrogen functional groups attached to an aromatic ring is 1.